The first kappa shape index (κ1) is 24.4. The van der Waals surface area contributed by atoms with Gasteiger partial charge in [0.2, 0.25) is 5.56 Å². The van der Waals surface area contributed by atoms with E-state index in [2.05, 4.69) is 15.0 Å². The predicted octanol–water partition coefficient (Wildman–Crippen LogP) is 2.36. The number of carboxylic acids is 1. The normalized spacial score (nSPS) is 11.5. The molecule has 1 aromatic heterocycles. The summed E-state index contributed by atoms with van der Waals surface area (Å²) in [6.45, 7) is 1.79. The standard InChI is InChI=1S/C17H18N2O4.C2HF3O2/c1-3-14(17(22)23-2)19-16(21)12-6-4-11(5-7-12)13-8-9-15(20)18-10-13;3-2(4,5)1(6)7/h4-10,14H,3H2,1-2H3,(H,18,20)(H,19,21);(H,6,7)/t14-;/m1./s1. The molecule has 0 aliphatic carbocycles. The fraction of sp³-hybridized carbons (Fsp3) is 0.263. The van der Waals surface area contributed by atoms with E-state index in [1.165, 1.54) is 13.2 Å². The Morgan fingerprint density at radius 2 is 1.63 bits per heavy atom. The second kappa shape index (κ2) is 10.8. The quantitative estimate of drug-likeness (QED) is 0.628. The summed E-state index contributed by atoms with van der Waals surface area (Å²) in [5.74, 6) is -3.56. The molecule has 1 aromatic carbocycles. The van der Waals surface area contributed by atoms with Crippen LogP contribution in [0.25, 0.3) is 11.1 Å². The number of alkyl halides is 3. The van der Waals surface area contributed by atoms with Crippen LogP contribution in [0.3, 0.4) is 0 Å². The molecular formula is C19H19F3N2O6. The molecule has 0 radical (unpaired) electrons. The van der Waals surface area contributed by atoms with Gasteiger partial charge in [0.15, 0.2) is 0 Å². The number of pyridine rings is 1. The number of aromatic amines is 1. The highest BCUT2D eigenvalue weighted by Crippen LogP contribution is 2.18. The molecular weight excluding hydrogens is 409 g/mol. The molecule has 0 bridgehead atoms. The minimum Gasteiger partial charge on any atom is -0.475 e. The second-order valence-corrected chi connectivity index (χ2v) is 5.78. The minimum absolute atomic E-state index is 0.168. The number of hydrogen-bond donors (Lipinski definition) is 3. The number of halogens is 3. The van der Waals surface area contributed by atoms with Crippen LogP contribution in [0.4, 0.5) is 13.2 Å². The number of nitrogens with one attached hydrogen (secondary N) is 2. The highest BCUT2D eigenvalue weighted by Gasteiger charge is 2.38. The van der Waals surface area contributed by atoms with Crippen LogP contribution in [0.2, 0.25) is 0 Å². The summed E-state index contributed by atoms with van der Waals surface area (Å²) in [6.07, 6.45) is -3.02. The van der Waals surface area contributed by atoms with Crippen molar-refractivity contribution in [3.05, 3.63) is 58.5 Å². The van der Waals surface area contributed by atoms with Crippen molar-refractivity contribution < 1.29 is 37.4 Å². The van der Waals surface area contributed by atoms with Gasteiger partial charge in [0.05, 0.1) is 7.11 Å². The number of methoxy groups -OCH3 is 1. The zero-order valence-electron chi connectivity index (χ0n) is 15.9. The first-order valence-corrected chi connectivity index (χ1v) is 8.47. The lowest BCUT2D eigenvalue weighted by molar-refractivity contribution is -0.192. The van der Waals surface area contributed by atoms with Crippen molar-refractivity contribution in [1.82, 2.24) is 10.3 Å². The first-order chi connectivity index (χ1) is 14.0. The molecule has 0 aliphatic rings. The van der Waals surface area contributed by atoms with Crippen molar-refractivity contribution in [3.63, 3.8) is 0 Å². The Labute approximate surface area is 168 Å². The van der Waals surface area contributed by atoms with Crippen molar-refractivity contribution in [2.24, 2.45) is 0 Å². The van der Waals surface area contributed by atoms with Gasteiger partial charge in [0.25, 0.3) is 5.91 Å². The Bertz CT molecular complexity index is 918. The van der Waals surface area contributed by atoms with E-state index in [0.717, 1.165) is 11.1 Å². The summed E-state index contributed by atoms with van der Waals surface area (Å²) >= 11 is 0. The summed E-state index contributed by atoms with van der Waals surface area (Å²) in [6, 6.07) is 9.38. The molecule has 0 aliphatic heterocycles. The van der Waals surface area contributed by atoms with Crippen LogP contribution in [0.15, 0.2) is 47.4 Å². The van der Waals surface area contributed by atoms with Crippen molar-refractivity contribution in [1.29, 1.82) is 0 Å². The lowest BCUT2D eigenvalue weighted by Gasteiger charge is -2.14. The maximum absolute atomic E-state index is 12.2. The van der Waals surface area contributed by atoms with Gasteiger partial charge >= 0.3 is 18.1 Å². The number of aromatic nitrogens is 1. The molecule has 0 saturated carbocycles. The lowest BCUT2D eigenvalue weighted by atomic mass is 10.1. The van der Waals surface area contributed by atoms with Crippen molar-refractivity contribution in [2.45, 2.75) is 25.6 Å². The molecule has 2 rings (SSSR count). The molecule has 11 heteroatoms. The highest BCUT2D eigenvalue weighted by atomic mass is 19.4. The fourth-order valence-electron chi connectivity index (χ4n) is 2.12. The van der Waals surface area contributed by atoms with Gasteiger partial charge in [-0.1, -0.05) is 19.1 Å². The topological polar surface area (TPSA) is 126 Å². The Hall–Kier alpha value is -3.63. The number of benzene rings is 1. The van der Waals surface area contributed by atoms with Gasteiger partial charge in [-0.15, -0.1) is 0 Å². The Balaban J connectivity index is 0.000000553. The van der Waals surface area contributed by atoms with Gasteiger partial charge in [-0.3, -0.25) is 9.59 Å². The average Bonchev–Trinajstić information content (AvgIpc) is 2.71. The molecule has 0 fully saturated rings. The van der Waals surface area contributed by atoms with E-state index < -0.39 is 24.2 Å². The monoisotopic (exact) mass is 428 g/mol. The first-order valence-electron chi connectivity index (χ1n) is 8.47. The van der Waals surface area contributed by atoms with E-state index in [-0.39, 0.29) is 11.5 Å². The SMILES string of the molecule is CC[C@@H](NC(=O)c1ccc(-c2ccc(=O)[nH]c2)cc1)C(=O)OC.O=C(O)C(F)(F)F. The van der Waals surface area contributed by atoms with E-state index in [4.69, 9.17) is 9.90 Å². The van der Waals surface area contributed by atoms with Gasteiger partial charge in [0, 0.05) is 17.8 Å². The maximum Gasteiger partial charge on any atom is 0.490 e. The number of carbonyl (C=O) groups excluding carboxylic acids is 2. The molecule has 30 heavy (non-hydrogen) atoms. The number of carbonyl (C=O) groups is 3. The molecule has 162 valence electrons. The molecule has 1 amide bonds. The predicted molar refractivity (Wildman–Crippen MR) is 99.8 cm³/mol. The molecule has 0 spiro atoms. The highest BCUT2D eigenvalue weighted by molar-refractivity contribution is 5.97. The number of ether oxygens (including phenoxy) is 1. The summed E-state index contributed by atoms with van der Waals surface area (Å²) in [5.41, 5.74) is 1.99. The van der Waals surface area contributed by atoms with Crippen LogP contribution in [-0.4, -0.2) is 47.3 Å². The molecule has 0 unspecified atom stereocenters. The van der Waals surface area contributed by atoms with Gasteiger partial charge in [0.1, 0.15) is 6.04 Å². The van der Waals surface area contributed by atoms with Crippen LogP contribution in [0.5, 0.6) is 0 Å². The molecule has 2 aromatic rings. The second-order valence-electron chi connectivity index (χ2n) is 5.78. The van der Waals surface area contributed by atoms with E-state index in [1.54, 1.807) is 43.5 Å². The van der Waals surface area contributed by atoms with E-state index >= 15 is 0 Å². The summed E-state index contributed by atoms with van der Waals surface area (Å²) < 4.78 is 36.4. The van der Waals surface area contributed by atoms with Crippen molar-refractivity contribution >= 4 is 17.8 Å². The average molecular weight is 428 g/mol. The molecule has 3 N–H and O–H groups in total. The van der Waals surface area contributed by atoms with Crippen LogP contribution >= 0.6 is 0 Å². The van der Waals surface area contributed by atoms with Crippen LogP contribution < -0.4 is 10.9 Å². The van der Waals surface area contributed by atoms with E-state index in [1.807, 2.05) is 0 Å². The molecule has 1 atom stereocenters. The van der Waals surface area contributed by atoms with Gasteiger partial charge < -0.3 is 20.1 Å². The number of H-pyrrole nitrogens is 1. The Morgan fingerprint density at radius 1 is 1.10 bits per heavy atom. The van der Waals surface area contributed by atoms with E-state index in [9.17, 15) is 27.6 Å². The smallest absolute Gasteiger partial charge is 0.475 e. The van der Waals surface area contributed by atoms with Crippen LogP contribution in [0.1, 0.15) is 23.7 Å². The molecule has 8 nitrogen and oxygen atoms in total. The summed E-state index contributed by atoms with van der Waals surface area (Å²) in [4.78, 5) is 46.2. The number of amides is 1. The number of rotatable bonds is 5. The van der Waals surface area contributed by atoms with Gasteiger partial charge in [-0.05, 0) is 35.7 Å². The van der Waals surface area contributed by atoms with Crippen LogP contribution in [0, 0.1) is 0 Å². The Morgan fingerprint density at radius 3 is 2.03 bits per heavy atom. The maximum atomic E-state index is 12.2. The van der Waals surface area contributed by atoms with Gasteiger partial charge in [-0.25, -0.2) is 9.59 Å². The number of aliphatic carboxylic acids is 1. The zero-order valence-corrected chi connectivity index (χ0v) is 15.9. The fourth-order valence-corrected chi connectivity index (χ4v) is 2.12. The molecule has 0 saturated heterocycles. The Kier molecular flexibility index (Phi) is 8.78. The zero-order chi connectivity index (χ0) is 22.9. The number of esters is 1. The number of hydrogen-bond acceptors (Lipinski definition) is 5. The van der Waals surface area contributed by atoms with Crippen molar-refractivity contribution in [3.8, 4) is 11.1 Å². The van der Waals surface area contributed by atoms with Gasteiger partial charge in [-0.2, -0.15) is 13.2 Å². The largest absolute Gasteiger partial charge is 0.490 e. The third-order valence-electron chi connectivity index (χ3n) is 3.71. The third-order valence-corrected chi connectivity index (χ3v) is 3.71. The third kappa shape index (κ3) is 7.41. The van der Waals surface area contributed by atoms with Crippen LogP contribution in [-0.2, 0) is 14.3 Å². The van der Waals surface area contributed by atoms with E-state index in [0.29, 0.717) is 12.0 Å². The summed E-state index contributed by atoms with van der Waals surface area (Å²) in [7, 11) is 1.29. The number of carboxylic acid groups (broad SMARTS) is 1. The van der Waals surface area contributed by atoms with Crippen molar-refractivity contribution in [2.75, 3.05) is 7.11 Å². The minimum atomic E-state index is -5.08. The molecule has 1 heterocycles. The lowest BCUT2D eigenvalue weighted by Crippen LogP contribution is -2.40. The summed E-state index contributed by atoms with van der Waals surface area (Å²) in [5, 5.41) is 9.76.